The molecule has 70 valence electrons. The first-order chi connectivity index (χ1) is 6.27. The third-order valence-electron chi connectivity index (χ3n) is 1.59. The van der Waals surface area contributed by atoms with Gasteiger partial charge in [0, 0.05) is 12.1 Å². The molecule has 0 fully saturated rings. The zero-order chi connectivity index (χ0) is 9.68. The Balaban J connectivity index is 2.74. The topological polar surface area (TPSA) is 38.3 Å². The molecule has 1 aromatic carbocycles. The third-order valence-corrected chi connectivity index (χ3v) is 1.86. The zero-order valence-corrected chi connectivity index (χ0v) is 8.57. The molecule has 4 heteroatoms. The van der Waals surface area contributed by atoms with E-state index in [-0.39, 0.29) is 5.91 Å². The molecule has 0 spiro atoms. The van der Waals surface area contributed by atoms with E-state index in [2.05, 4.69) is 14.8 Å². The number of amides is 1. The van der Waals surface area contributed by atoms with Crippen molar-refractivity contribution in [2.45, 2.75) is 6.92 Å². The molecule has 0 aromatic heterocycles. The molecule has 0 aliphatic heterocycles. The number of rotatable bonds is 3. The van der Waals surface area contributed by atoms with Crippen LogP contribution in [0.5, 0.6) is 5.75 Å². The maximum absolute atomic E-state index is 11.3. The van der Waals surface area contributed by atoms with Crippen molar-refractivity contribution in [1.82, 2.24) is 5.32 Å². The van der Waals surface area contributed by atoms with Crippen molar-refractivity contribution < 1.29 is 9.32 Å². The van der Waals surface area contributed by atoms with E-state index in [4.69, 9.17) is 4.52 Å². The first-order valence-electron chi connectivity index (χ1n) is 4.03. The van der Waals surface area contributed by atoms with Crippen LogP contribution < -0.4 is 9.84 Å². The summed E-state index contributed by atoms with van der Waals surface area (Å²) in [5.41, 5.74) is 0.646. The molecule has 0 radical (unpaired) electrons. The Kier molecular flexibility index (Phi) is 3.71. The summed E-state index contributed by atoms with van der Waals surface area (Å²) in [4.78, 5) is 11.3. The van der Waals surface area contributed by atoms with E-state index < -0.39 is 0 Å². The highest BCUT2D eigenvalue weighted by Gasteiger charge is 2.02. The van der Waals surface area contributed by atoms with Crippen molar-refractivity contribution in [2.24, 2.45) is 0 Å². The fourth-order valence-corrected chi connectivity index (χ4v) is 1.10. The van der Waals surface area contributed by atoms with Crippen molar-refractivity contribution in [1.29, 1.82) is 0 Å². The van der Waals surface area contributed by atoms with Crippen LogP contribution in [0.3, 0.4) is 0 Å². The Labute approximate surface area is 79.8 Å². The van der Waals surface area contributed by atoms with Crippen LogP contribution in [0.1, 0.15) is 17.3 Å². The van der Waals surface area contributed by atoms with Crippen LogP contribution in [0.15, 0.2) is 24.3 Å². The Morgan fingerprint density at radius 3 is 2.54 bits per heavy atom. The van der Waals surface area contributed by atoms with Gasteiger partial charge >= 0.3 is 0 Å². The zero-order valence-electron chi connectivity index (χ0n) is 7.41. The van der Waals surface area contributed by atoms with Crippen molar-refractivity contribution in [3.8, 4) is 5.75 Å². The second kappa shape index (κ2) is 4.83. The number of benzene rings is 1. The van der Waals surface area contributed by atoms with E-state index in [0.29, 0.717) is 12.1 Å². The van der Waals surface area contributed by atoms with Crippen LogP contribution in [0.4, 0.5) is 0 Å². The van der Waals surface area contributed by atoms with Crippen LogP contribution in [0.25, 0.3) is 0 Å². The van der Waals surface area contributed by atoms with Gasteiger partial charge in [-0.05, 0) is 31.2 Å². The molecule has 0 aliphatic rings. The van der Waals surface area contributed by atoms with Crippen LogP contribution in [-0.4, -0.2) is 12.5 Å². The predicted octanol–water partition coefficient (Wildman–Crippen LogP) is 1.61. The van der Waals surface area contributed by atoms with Crippen molar-refractivity contribution >= 4 is 15.4 Å². The monoisotopic (exact) mass is 197 g/mol. The van der Waals surface area contributed by atoms with Crippen molar-refractivity contribution in [3.63, 3.8) is 0 Å². The average Bonchev–Trinajstić information content (AvgIpc) is 2.18. The summed E-state index contributed by atoms with van der Waals surface area (Å²) in [6.07, 6.45) is 0. The number of nitrogens with one attached hydrogen (secondary N) is 1. The summed E-state index contributed by atoms with van der Waals surface area (Å²) in [6, 6.07) is 6.95. The standard InChI is InChI=1S/C9H12NO2P/c1-2-10-9(11)7-3-5-8(12-13)6-4-7/h3-6H,2,13H2,1H3,(H,10,11). The Morgan fingerprint density at radius 2 is 2.08 bits per heavy atom. The molecule has 1 amide bonds. The minimum absolute atomic E-state index is 0.0576. The van der Waals surface area contributed by atoms with Gasteiger partial charge in [0.05, 0.1) is 9.47 Å². The minimum Gasteiger partial charge on any atom is -0.480 e. The Hall–Kier alpha value is -1.08. The van der Waals surface area contributed by atoms with Crippen LogP contribution in [0.2, 0.25) is 0 Å². The summed E-state index contributed by atoms with van der Waals surface area (Å²) < 4.78 is 4.89. The second-order valence-corrected chi connectivity index (χ2v) is 2.74. The number of carbonyl (C=O) groups excluding carboxylic acids is 1. The van der Waals surface area contributed by atoms with Crippen molar-refractivity contribution in [3.05, 3.63) is 29.8 Å². The first-order valence-corrected chi connectivity index (χ1v) is 4.50. The maximum Gasteiger partial charge on any atom is 0.251 e. The lowest BCUT2D eigenvalue weighted by atomic mass is 10.2. The molecule has 13 heavy (non-hydrogen) atoms. The van der Waals surface area contributed by atoms with Gasteiger partial charge in [-0.1, -0.05) is 0 Å². The summed E-state index contributed by atoms with van der Waals surface area (Å²) in [6.45, 7) is 2.53. The highest BCUT2D eigenvalue weighted by Crippen LogP contribution is 2.13. The lowest BCUT2D eigenvalue weighted by Gasteiger charge is -2.02. The lowest BCUT2D eigenvalue weighted by molar-refractivity contribution is 0.0956. The molecule has 1 atom stereocenters. The van der Waals surface area contributed by atoms with Crippen LogP contribution >= 0.6 is 9.47 Å². The fraction of sp³-hybridized carbons (Fsp3) is 0.222. The molecule has 0 saturated carbocycles. The van der Waals surface area contributed by atoms with Gasteiger partial charge in [-0.15, -0.1) is 0 Å². The van der Waals surface area contributed by atoms with E-state index in [1.54, 1.807) is 24.3 Å². The molecule has 1 N–H and O–H groups in total. The van der Waals surface area contributed by atoms with Gasteiger partial charge in [0.1, 0.15) is 5.75 Å². The lowest BCUT2D eigenvalue weighted by Crippen LogP contribution is -2.22. The third kappa shape index (κ3) is 2.71. The van der Waals surface area contributed by atoms with Gasteiger partial charge in [-0.3, -0.25) is 4.79 Å². The molecule has 1 unspecified atom stereocenters. The highest BCUT2D eigenvalue weighted by atomic mass is 31.0. The van der Waals surface area contributed by atoms with Crippen LogP contribution in [-0.2, 0) is 0 Å². The summed E-state index contributed by atoms with van der Waals surface area (Å²) in [5, 5.41) is 2.71. The molecular formula is C9H12NO2P. The van der Waals surface area contributed by atoms with E-state index in [1.807, 2.05) is 6.92 Å². The van der Waals surface area contributed by atoms with Crippen molar-refractivity contribution in [2.75, 3.05) is 6.54 Å². The average molecular weight is 197 g/mol. The summed E-state index contributed by atoms with van der Waals surface area (Å²) >= 11 is 0. The Morgan fingerprint density at radius 1 is 1.46 bits per heavy atom. The largest absolute Gasteiger partial charge is 0.480 e. The molecule has 0 heterocycles. The normalized spacial score (nSPS) is 9.38. The molecule has 3 nitrogen and oxygen atoms in total. The predicted molar refractivity (Wildman–Crippen MR) is 54.8 cm³/mol. The van der Waals surface area contributed by atoms with E-state index in [1.165, 1.54) is 0 Å². The van der Waals surface area contributed by atoms with E-state index in [0.717, 1.165) is 5.75 Å². The summed E-state index contributed by atoms with van der Waals surface area (Å²) in [7, 11) is 2.15. The molecule has 1 aromatic rings. The molecular weight excluding hydrogens is 185 g/mol. The minimum atomic E-state index is -0.0576. The Bertz CT molecular complexity index is 284. The van der Waals surface area contributed by atoms with E-state index >= 15 is 0 Å². The maximum atomic E-state index is 11.3. The van der Waals surface area contributed by atoms with Gasteiger partial charge in [-0.2, -0.15) is 0 Å². The van der Waals surface area contributed by atoms with Crippen LogP contribution in [0, 0.1) is 0 Å². The molecule has 1 rings (SSSR count). The number of carbonyl (C=O) groups is 1. The van der Waals surface area contributed by atoms with Gasteiger partial charge in [0.2, 0.25) is 0 Å². The first kappa shape index (κ1) is 10.0. The second-order valence-electron chi connectivity index (χ2n) is 2.50. The molecule has 0 aliphatic carbocycles. The number of hydrogen-bond donors (Lipinski definition) is 1. The van der Waals surface area contributed by atoms with Gasteiger partial charge in [0.15, 0.2) is 0 Å². The molecule has 0 bridgehead atoms. The van der Waals surface area contributed by atoms with Gasteiger partial charge in [0.25, 0.3) is 5.91 Å². The van der Waals surface area contributed by atoms with E-state index in [9.17, 15) is 4.79 Å². The SMILES string of the molecule is CCNC(=O)c1ccc(OP)cc1. The fourth-order valence-electron chi connectivity index (χ4n) is 0.947. The van der Waals surface area contributed by atoms with Gasteiger partial charge in [-0.25, -0.2) is 0 Å². The highest BCUT2D eigenvalue weighted by molar-refractivity contribution is 7.10. The molecule has 0 saturated heterocycles. The number of hydrogen-bond acceptors (Lipinski definition) is 2. The summed E-state index contributed by atoms with van der Waals surface area (Å²) in [5.74, 6) is 0.663. The van der Waals surface area contributed by atoms with Gasteiger partial charge < -0.3 is 9.84 Å². The quantitative estimate of drug-likeness (QED) is 0.747. The smallest absolute Gasteiger partial charge is 0.251 e.